The minimum atomic E-state index is -4.04. The quantitative estimate of drug-likeness (QED) is 0.203. The summed E-state index contributed by atoms with van der Waals surface area (Å²) < 4.78 is 43.8. The number of aliphatic hydroxyl groups is 2. The zero-order chi connectivity index (χ0) is 32.3. The molecule has 1 aromatic heterocycles. The lowest BCUT2D eigenvalue weighted by Gasteiger charge is -2.31. The Labute approximate surface area is 264 Å². The number of amides is 1. The average Bonchev–Trinajstić information content (AvgIpc) is 3.49. The van der Waals surface area contributed by atoms with Crippen molar-refractivity contribution < 1.29 is 37.3 Å². The number of ether oxygens (including phenoxy) is 2. The van der Waals surface area contributed by atoms with Gasteiger partial charge in [-0.2, -0.15) is 0 Å². The Hall–Kier alpha value is -3.07. The highest BCUT2D eigenvalue weighted by atomic mass is 32.2. The van der Waals surface area contributed by atoms with E-state index in [0.29, 0.717) is 43.0 Å². The van der Waals surface area contributed by atoms with Crippen LogP contribution in [0.4, 0.5) is 4.79 Å². The maximum atomic E-state index is 13.5. The molecule has 2 heterocycles. The molecule has 0 spiro atoms. The van der Waals surface area contributed by atoms with Crippen LogP contribution in [0.2, 0.25) is 0 Å². The van der Waals surface area contributed by atoms with Crippen molar-refractivity contribution in [3.8, 4) is 0 Å². The maximum absolute atomic E-state index is 13.5. The van der Waals surface area contributed by atoms with E-state index in [-0.39, 0.29) is 41.5 Å². The van der Waals surface area contributed by atoms with Crippen LogP contribution in [0.25, 0.3) is 11.1 Å². The van der Waals surface area contributed by atoms with Gasteiger partial charge in [-0.05, 0) is 48.9 Å². The van der Waals surface area contributed by atoms with E-state index in [1.54, 1.807) is 13.0 Å². The highest BCUT2D eigenvalue weighted by Crippen LogP contribution is 2.44. The Morgan fingerprint density at radius 3 is 2.67 bits per heavy atom. The number of hydrogen-bond acceptors (Lipinski definition) is 10. The number of rotatable bonds is 13. The van der Waals surface area contributed by atoms with Crippen molar-refractivity contribution in [3.63, 3.8) is 0 Å². The van der Waals surface area contributed by atoms with E-state index in [0.717, 1.165) is 5.56 Å². The minimum Gasteiger partial charge on any atom is -0.446 e. The summed E-state index contributed by atoms with van der Waals surface area (Å²) in [5, 5.41) is 26.1. The van der Waals surface area contributed by atoms with Gasteiger partial charge in [0.2, 0.25) is 0 Å². The van der Waals surface area contributed by atoms with Gasteiger partial charge in [0.1, 0.15) is 11.6 Å². The molecule has 5 rings (SSSR count). The third-order valence-electron chi connectivity index (χ3n) is 8.80. The fraction of sp³-hybridized carbons (Fsp3) is 0.562. The lowest BCUT2D eigenvalue weighted by Crippen LogP contribution is -2.54. The number of carbonyl (C=O) groups excluding carboxylic acids is 1. The van der Waals surface area contributed by atoms with E-state index in [1.807, 2.05) is 51.1 Å². The Morgan fingerprint density at radius 2 is 1.96 bits per heavy atom. The summed E-state index contributed by atoms with van der Waals surface area (Å²) in [6, 6.07) is 13.1. The molecule has 2 aromatic carbocycles. The molecule has 3 aromatic rings. The first-order chi connectivity index (χ1) is 21.4. The zero-order valence-electron chi connectivity index (χ0n) is 26.1. The van der Waals surface area contributed by atoms with Crippen molar-refractivity contribution in [1.29, 1.82) is 0 Å². The maximum Gasteiger partial charge on any atom is 0.407 e. The van der Waals surface area contributed by atoms with Crippen LogP contribution < -0.4 is 10.1 Å². The second-order valence-electron chi connectivity index (χ2n) is 12.7. The first-order valence-electron chi connectivity index (χ1n) is 15.5. The molecule has 1 amide bonds. The molecular formula is C32H44N4O8S. The summed E-state index contributed by atoms with van der Waals surface area (Å²) in [6.45, 7) is 8.23. The molecule has 5 unspecified atom stereocenters. The predicted octanol–water partition coefficient (Wildman–Crippen LogP) is 3.37. The number of aryl methyl sites for hydroxylation is 1. The van der Waals surface area contributed by atoms with Gasteiger partial charge in [-0.1, -0.05) is 51.1 Å². The van der Waals surface area contributed by atoms with Gasteiger partial charge in [0, 0.05) is 37.8 Å². The van der Waals surface area contributed by atoms with Crippen molar-refractivity contribution in [2.75, 3.05) is 19.7 Å². The fourth-order valence-electron chi connectivity index (χ4n) is 6.27. The molecule has 7 atom stereocenters. The van der Waals surface area contributed by atoms with E-state index < -0.39 is 40.7 Å². The lowest BCUT2D eigenvalue weighted by atomic mass is 9.96. The van der Waals surface area contributed by atoms with Crippen LogP contribution in [0, 0.1) is 30.6 Å². The number of alkyl carbamates (subject to hydrolysis) is 1. The predicted molar refractivity (Wildman–Crippen MR) is 166 cm³/mol. The van der Waals surface area contributed by atoms with Crippen LogP contribution in [0.1, 0.15) is 45.1 Å². The SMILES string of the molecule is Cc1nc2cc(S(=O)(=O)NN(CCC(C)C)C[C@@H](O)[C@H](Cc3ccccc3)NC(=O)OC3C4COC(O)C(C4)C3C)ccc2o1. The molecule has 13 heteroatoms. The largest absolute Gasteiger partial charge is 0.446 e. The molecule has 12 nitrogen and oxygen atoms in total. The summed E-state index contributed by atoms with van der Waals surface area (Å²) in [5.41, 5.74) is 1.80. The second-order valence-corrected chi connectivity index (χ2v) is 14.4. The number of carbonyl (C=O) groups is 1. The molecule has 2 bridgehead atoms. The molecule has 1 saturated heterocycles. The molecule has 2 aliphatic rings. The third kappa shape index (κ3) is 8.21. The number of aliphatic hydroxyl groups excluding tert-OH is 2. The van der Waals surface area contributed by atoms with Crippen LogP contribution >= 0.6 is 0 Å². The molecular weight excluding hydrogens is 600 g/mol. The molecule has 45 heavy (non-hydrogen) atoms. The number of hydrogen-bond donors (Lipinski definition) is 4. The number of fused-ring (bicyclic) bond motifs is 3. The highest BCUT2D eigenvalue weighted by molar-refractivity contribution is 7.89. The number of nitrogens with zero attached hydrogens (tertiary/aromatic N) is 2. The molecule has 246 valence electrons. The number of oxazole rings is 1. The van der Waals surface area contributed by atoms with Crippen molar-refractivity contribution in [1.82, 2.24) is 20.1 Å². The van der Waals surface area contributed by atoms with E-state index in [1.165, 1.54) is 17.1 Å². The van der Waals surface area contributed by atoms with Gasteiger partial charge in [-0.15, -0.1) is 4.83 Å². The van der Waals surface area contributed by atoms with Gasteiger partial charge in [0.15, 0.2) is 17.8 Å². The molecule has 1 aliphatic carbocycles. The lowest BCUT2D eigenvalue weighted by molar-refractivity contribution is -0.163. The van der Waals surface area contributed by atoms with Gasteiger partial charge >= 0.3 is 6.09 Å². The molecule has 1 aliphatic heterocycles. The molecule has 4 N–H and O–H groups in total. The van der Waals surface area contributed by atoms with Crippen LogP contribution in [-0.2, 0) is 25.9 Å². The molecule has 0 radical (unpaired) electrons. The Balaban J connectivity index is 1.31. The topological polar surface area (TPSA) is 163 Å². The zero-order valence-corrected chi connectivity index (χ0v) is 26.9. The van der Waals surface area contributed by atoms with Crippen molar-refractivity contribution in [2.24, 2.45) is 23.7 Å². The van der Waals surface area contributed by atoms with Crippen molar-refractivity contribution in [3.05, 3.63) is 60.0 Å². The van der Waals surface area contributed by atoms with Gasteiger partial charge in [0.25, 0.3) is 10.0 Å². The Morgan fingerprint density at radius 1 is 1.20 bits per heavy atom. The first-order valence-corrected chi connectivity index (χ1v) is 17.0. The van der Waals surface area contributed by atoms with Crippen LogP contribution in [0.15, 0.2) is 57.8 Å². The standard InChI is InChI=1S/C32H44N4O8S/c1-19(2)12-13-36(35-45(40,41)24-10-11-29-27(16-24)33-21(4)43-29)17-28(37)26(14-22-8-6-5-7-9-22)34-32(39)44-30-20(3)25-15-23(30)18-42-31(25)38/h5-11,16,19-20,23,25-26,28,30-31,35,37-38H,12-15,17-18H2,1-4H3,(H,34,39)/t20?,23?,25?,26-,28+,30?,31?/m0/s1. The van der Waals surface area contributed by atoms with E-state index in [4.69, 9.17) is 13.9 Å². The third-order valence-corrected chi connectivity index (χ3v) is 10.2. The minimum absolute atomic E-state index is 0.0138. The molecule has 1 saturated carbocycles. The van der Waals surface area contributed by atoms with E-state index in [9.17, 15) is 23.4 Å². The van der Waals surface area contributed by atoms with Crippen LogP contribution in [-0.4, -0.2) is 79.0 Å². The van der Waals surface area contributed by atoms with Gasteiger partial charge in [-0.3, -0.25) is 0 Å². The van der Waals surface area contributed by atoms with E-state index in [2.05, 4.69) is 15.1 Å². The molecule has 2 fully saturated rings. The average molecular weight is 645 g/mol. The number of aromatic nitrogens is 1. The summed E-state index contributed by atoms with van der Waals surface area (Å²) in [7, 11) is -4.04. The summed E-state index contributed by atoms with van der Waals surface area (Å²) in [4.78, 5) is 20.2. The van der Waals surface area contributed by atoms with Crippen molar-refractivity contribution in [2.45, 2.75) is 76.4 Å². The number of benzene rings is 2. The van der Waals surface area contributed by atoms with Gasteiger partial charge in [-0.25, -0.2) is 23.2 Å². The fourth-order valence-corrected chi connectivity index (χ4v) is 7.40. The first kappa shape index (κ1) is 33.3. The Kier molecular flexibility index (Phi) is 10.5. The van der Waals surface area contributed by atoms with Crippen LogP contribution in [0.5, 0.6) is 0 Å². The number of hydrazine groups is 1. The smallest absolute Gasteiger partial charge is 0.407 e. The van der Waals surface area contributed by atoms with Crippen molar-refractivity contribution >= 4 is 27.2 Å². The van der Waals surface area contributed by atoms with Crippen LogP contribution in [0.3, 0.4) is 0 Å². The summed E-state index contributed by atoms with van der Waals surface area (Å²) in [6.07, 6.45) is -1.49. The van der Waals surface area contributed by atoms with E-state index >= 15 is 0 Å². The van der Waals surface area contributed by atoms with Gasteiger partial charge < -0.3 is 29.4 Å². The number of sulfonamides is 1. The summed E-state index contributed by atoms with van der Waals surface area (Å²) >= 11 is 0. The highest BCUT2D eigenvalue weighted by Gasteiger charge is 2.50. The Bertz CT molecular complexity index is 1550. The normalized spacial score (nSPS) is 24.7. The monoisotopic (exact) mass is 644 g/mol. The second kappa shape index (κ2) is 14.1. The van der Waals surface area contributed by atoms with Gasteiger partial charge in [0.05, 0.1) is 23.6 Å². The summed E-state index contributed by atoms with van der Waals surface area (Å²) in [5.74, 6) is 0.493. The number of nitrogens with one attached hydrogen (secondary N) is 2.